The van der Waals surface area contributed by atoms with Gasteiger partial charge in [0, 0.05) is 55.9 Å². The van der Waals surface area contributed by atoms with Crippen molar-refractivity contribution in [2.75, 3.05) is 44.2 Å². The minimum atomic E-state index is -0.362. The van der Waals surface area contributed by atoms with E-state index in [4.69, 9.17) is 11.6 Å². The van der Waals surface area contributed by atoms with Crippen molar-refractivity contribution in [2.45, 2.75) is 38.6 Å². The molecule has 0 unspecified atom stereocenters. The van der Waals surface area contributed by atoms with Crippen LogP contribution < -0.4 is 21.5 Å². The summed E-state index contributed by atoms with van der Waals surface area (Å²) in [5, 5.41) is 4.43. The van der Waals surface area contributed by atoms with Crippen LogP contribution in [0.4, 0.5) is 5.69 Å². The molecule has 2 aliphatic rings. The number of anilines is 1. The van der Waals surface area contributed by atoms with Crippen molar-refractivity contribution in [3.05, 3.63) is 74.4 Å². The molecule has 1 aliphatic heterocycles. The Morgan fingerprint density at radius 3 is 2.50 bits per heavy atom. The van der Waals surface area contributed by atoms with Crippen LogP contribution in [0.1, 0.15) is 32.1 Å². The number of hydrogen-bond donors (Lipinski definition) is 2. The molecule has 0 atom stereocenters. The van der Waals surface area contributed by atoms with Gasteiger partial charge in [0.05, 0.1) is 10.9 Å². The summed E-state index contributed by atoms with van der Waals surface area (Å²) in [6, 6.07) is 15.1. The molecule has 0 bridgehead atoms. The highest BCUT2D eigenvalue weighted by Crippen LogP contribution is 2.29. The van der Waals surface area contributed by atoms with Crippen LogP contribution >= 0.6 is 11.6 Å². The van der Waals surface area contributed by atoms with E-state index in [0.717, 1.165) is 69.9 Å². The Labute approximate surface area is 227 Å². The second-order valence-corrected chi connectivity index (χ2v) is 11.0. The van der Waals surface area contributed by atoms with Gasteiger partial charge in [-0.1, -0.05) is 29.8 Å². The van der Waals surface area contributed by atoms with Crippen molar-refractivity contribution in [3.63, 3.8) is 0 Å². The fourth-order valence-electron chi connectivity index (χ4n) is 5.79. The van der Waals surface area contributed by atoms with Gasteiger partial charge in [-0.25, -0.2) is 4.79 Å². The monoisotopic (exact) mass is 537 g/mol. The number of H-pyrrole nitrogens is 1. The van der Waals surface area contributed by atoms with E-state index in [-0.39, 0.29) is 29.0 Å². The number of nitrogens with one attached hydrogen (secondary N) is 2. The van der Waals surface area contributed by atoms with Gasteiger partial charge in [-0.05, 0) is 74.9 Å². The van der Waals surface area contributed by atoms with Gasteiger partial charge in [-0.3, -0.25) is 19.1 Å². The number of aromatic nitrogens is 2. The standard InChI is InChI=1S/C29H36ClN5O3/c30-23-5-3-6-24(19-23)34-17-15-33(16-18-34)14-4-13-31-27(36)22-11-9-21(10-12-22)20-35-28(37)25-7-1-2-8-26(25)32-29(35)38/h1-3,5-8,19,21-22H,4,9-18,20H2,(H,31,36)(H,32,38). The lowest BCUT2D eigenvalue weighted by Gasteiger charge is -2.36. The maximum atomic E-state index is 12.8. The largest absolute Gasteiger partial charge is 0.369 e. The molecule has 1 aromatic heterocycles. The van der Waals surface area contributed by atoms with Gasteiger partial charge >= 0.3 is 5.69 Å². The summed E-state index contributed by atoms with van der Waals surface area (Å²) >= 11 is 6.13. The van der Waals surface area contributed by atoms with Crippen LogP contribution in [-0.4, -0.2) is 59.6 Å². The number of carbonyl (C=O) groups is 1. The second kappa shape index (κ2) is 12.2. The van der Waals surface area contributed by atoms with Gasteiger partial charge in [-0.2, -0.15) is 0 Å². The number of carbonyl (C=O) groups excluding carboxylic acids is 1. The highest BCUT2D eigenvalue weighted by atomic mass is 35.5. The van der Waals surface area contributed by atoms with Crippen LogP contribution in [0.25, 0.3) is 10.9 Å². The summed E-state index contributed by atoms with van der Waals surface area (Å²) in [6.07, 6.45) is 4.21. The van der Waals surface area contributed by atoms with Crippen LogP contribution in [0.3, 0.4) is 0 Å². The van der Waals surface area contributed by atoms with Crippen LogP contribution in [0.2, 0.25) is 5.02 Å². The first-order chi connectivity index (χ1) is 18.5. The van der Waals surface area contributed by atoms with Crippen molar-refractivity contribution < 1.29 is 4.79 Å². The van der Waals surface area contributed by atoms with Gasteiger partial charge in [0.25, 0.3) is 5.56 Å². The summed E-state index contributed by atoms with van der Waals surface area (Å²) < 4.78 is 1.32. The summed E-state index contributed by atoms with van der Waals surface area (Å²) in [4.78, 5) is 45.7. The number of fused-ring (bicyclic) bond motifs is 1. The zero-order valence-corrected chi connectivity index (χ0v) is 22.5. The highest BCUT2D eigenvalue weighted by molar-refractivity contribution is 6.30. The molecule has 1 saturated heterocycles. The molecule has 1 saturated carbocycles. The Kier molecular flexibility index (Phi) is 8.49. The number of rotatable bonds is 8. The van der Waals surface area contributed by atoms with E-state index in [0.29, 0.717) is 24.0 Å². The summed E-state index contributed by atoms with van der Waals surface area (Å²) in [5.41, 5.74) is 1.14. The van der Waals surface area contributed by atoms with Crippen molar-refractivity contribution >= 4 is 34.1 Å². The number of aromatic amines is 1. The van der Waals surface area contributed by atoms with Crippen LogP contribution in [0.15, 0.2) is 58.1 Å². The first-order valence-electron chi connectivity index (χ1n) is 13.7. The zero-order valence-electron chi connectivity index (χ0n) is 21.7. The number of halogens is 1. The molecule has 3 aromatic rings. The number of nitrogens with zero attached hydrogens (tertiary/aromatic N) is 3. The highest BCUT2D eigenvalue weighted by Gasteiger charge is 2.27. The Morgan fingerprint density at radius 1 is 0.974 bits per heavy atom. The summed E-state index contributed by atoms with van der Waals surface area (Å²) in [6.45, 7) is 6.04. The quantitative estimate of drug-likeness (QED) is 0.429. The fourth-order valence-corrected chi connectivity index (χ4v) is 5.98. The van der Waals surface area contributed by atoms with Crippen molar-refractivity contribution in [3.8, 4) is 0 Å². The average molecular weight is 538 g/mol. The first kappa shape index (κ1) is 26.5. The number of hydrogen-bond acceptors (Lipinski definition) is 5. The molecule has 2 fully saturated rings. The molecule has 8 nitrogen and oxygen atoms in total. The average Bonchev–Trinajstić information content (AvgIpc) is 2.94. The SMILES string of the molecule is O=C(NCCCN1CCN(c2cccc(Cl)c2)CC1)C1CCC(Cn2c(=O)[nH]c3ccccc3c2=O)CC1. The molecule has 2 N–H and O–H groups in total. The van der Waals surface area contributed by atoms with Gasteiger partial charge in [0.15, 0.2) is 0 Å². The van der Waals surface area contributed by atoms with E-state index in [1.807, 2.05) is 18.2 Å². The Morgan fingerprint density at radius 2 is 1.74 bits per heavy atom. The second-order valence-electron chi connectivity index (χ2n) is 10.6. The first-order valence-corrected chi connectivity index (χ1v) is 14.1. The number of amides is 1. The molecular weight excluding hydrogens is 502 g/mol. The maximum absolute atomic E-state index is 12.8. The third-order valence-corrected chi connectivity index (χ3v) is 8.28. The number of para-hydroxylation sites is 1. The van der Waals surface area contributed by atoms with Gasteiger partial charge in [0.1, 0.15) is 0 Å². The molecule has 2 heterocycles. The third kappa shape index (κ3) is 6.30. The number of piperazine rings is 1. The molecule has 2 aromatic carbocycles. The molecule has 0 radical (unpaired) electrons. The minimum absolute atomic E-state index is 0.0131. The van der Waals surface area contributed by atoms with E-state index in [1.54, 1.807) is 24.3 Å². The number of benzene rings is 2. The molecule has 1 aliphatic carbocycles. The van der Waals surface area contributed by atoms with Crippen molar-refractivity contribution in [1.82, 2.24) is 19.8 Å². The summed E-state index contributed by atoms with van der Waals surface area (Å²) in [7, 11) is 0. The van der Waals surface area contributed by atoms with Crippen molar-refractivity contribution in [2.24, 2.45) is 11.8 Å². The molecule has 9 heteroatoms. The predicted molar refractivity (Wildman–Crippen MR) is 152 cm³/mol. The van der Waals surface area contributed by atoms with Gasteiger partial charge in [-0.15, -0.1) is 0 Å². The topological polar surface area (TPSA) is 90.4 Å². The molecule has 0 spiro atoms. The van der Waals surface area contributed by atoms with Crippen molar-refractivity contribution in [1.29, 1.82) is 0 Å². The Bertz CT molecular complexity index is 1370. The third-order valence-electron chi connectivity index (χ3n) is 8.04. The molecule has 38 heavy (non-hydrogen) atoms. The van der Waals surface area contributed by atoms with E-state index >= 15 is 0 Å². The minimum Gasteiger partial charge on any atom is -0.369 e. The molecule has 1 amide bonds. The lowest BCUT2D eigenvalue weighted by atomic mass is 9.81. The van der Waals surface area contributed by atoms with E-state index in [2.05, 4.69) is 26.2 Å². The van der Waals surface area contributed by atoms with Gasteiger partial charge in [0.2, 0.25) is 5.91 Å². The predicted octanol–water partition coefficient (Wildman–Crippen LogP) is 3.48. The van der Waals surface area contributed by atoms with Crippen LogP contribution in [0.5, 0.6) is 0 Å². The maximum Gasteiger partial charge on any atom is 0.328 e. The smallest absolute Gasteiger partial charge is 0.328 e. The molecular formula is C29H36ClN5O3. The van der Waals surface area contributed by atoms with Gasteiger partial charge < -0.3 is 15.2 Å². The lowest BCUT2D eigenvalue weighted by molar-refractivity contribution is -0.126. The molecule has 5 rings (SSSR count). The van der Waals surface area contributed by atoms with E-state index in [9.17, 15) is 14.4 Å². The Balaban J connectivity index is 1.01. The lowest BCUT2D eigenvalue weighted by Crippen LogP contribution is -2.47. The zero-order chi connectivity index (χ0) is 26.5. The fraction of sp³-hybridized carbons (Fsp3) is 0.483. The van der Waals surface area contributed by atoms with Crippen LogP contribution in [-0.2, 0) is 11.3 Å². The molecule has 202 valence electrons. The Hall–Kier alpha value is -3.10. The van der Waals surface area contributed by atoms with E-state index in [1.165, 1.54) is 10.3 Å². The normalized spacial score (nSPS) is 20.5. The summed E-state index contributed by atoms with van der Waals surface area (Å²) in [5.74, 6) is 0.374. The van der Waals surface area contributed by atoms with Crippen LogP contribution in [0, 0.1) is 11.8 Å². The van der Waals surface area contributed by atoms with E-state index < -0.39 is 0 Å².